The van der Waals surface area contributed by atoms with Crippen LogP contribution in [0.4, 0.5) is 11.4 Å². The number of nitrogens with one attached hydrogen (secondary N) is 1. The summed E-state index contributed by atoms with van der Waals surface area (Å²) >= 11 is 0. The Balaban J connectivity index is 1.38. The van der Waals surface area contributed by atoms with Gasteiger partial charge in [-0.2, -0.15) is 15.3 Å². The van der Waals surface area contributed by atoms with Crippen molar-refractivity contribution in [2.24, 2.45) is 15.3 Å². The average Bonchev–Trinajstić information content (AvgIpc) is 2.93. The van der Waals surface area contributed by atoms with Crippen molar-refractivity contribution in [2.45, 2.75) is 0 Å². The maximum atomic E-state index is 13.1. The lowest BCUT2D eigenvalue weighted by Crippen LogP contribution is -2.18. The van der Waals surface area contributed by atoms with Gasteiger partial charge in [-0.3, -0.25) is 4.79 Å². The van der Waals surface area contributed by atoms with Crippen LogP contribution in [0.25, 0.3) is 22.2 Å². The molecule has 0 saturated carbocycles. The molecule has 5 rings (SSSR count). The highest BCUT2D eigenvalue weighted by Gasteiger charge is 2.13. The minimum atomic E-state index is -0.388. The van der Waals surface area contributed by atoms with Crippen LogP contribution in [0, 0.1) is 0 Å². The summed E-state index contributed by atoms with van der Waals surface area (Å²) in [5.74, 6) is -0.381. The second kappa shape index (κ2) is 10.4. The number of para-hydroxylation sites is 1. The molecule has 0 radical (unpaired) electrons. The number of benzene rings is 4. The van der Waals surface area contributed by atoms with Crippen LogP contribution >= 0.6 is 0 Å². The second-order valence-electron chi connectivity index (χ2n) is 7.92. The van der Waals surface area contributed by atoms with Gasteiger partial charge in [0.15, 0.2) is 0 Å². The highest BCUT2D eigenvalue weighted by Crippen LogP contribution is 2.26. The van der Waals surface area contributed by atoms with E-state index in [0.29, 0.717) is 33.7 Å². The SMILES string of the molecule is O=C(N/N=C/c1cc(N=Nc2ccccc2)ccc1O)c1cc(-c2ccccc2)nc2ccccc12. The zero-order valence-electron chi connectivity index (χ0n) is 19.1. The van der Waals surface area contributed by atoms with Crippen molar-refractivity contribution in [3.63, 3.8) is 0 Å². The molecule has 0 unspecified atom stereocenters. The number of phenolic OH excluding ortho intramolecular Hbond substituents is 1. The minimum Gasteiger partial charge on any atom is -0.507 e. The Labute approximate surface area is 207 Å². The lowest BCUT2D eigenvalue weighted by atomic mass is 10.0. The van der Waals surface area contributed by atoms with E-state index >= 15 is 0 Å². The number of fused-ring (bicyclic) bond motifs is 1. The molecule has 1 aromatic heterocycles. The van der Waals surface area contributed by atoms with Gasteiger partial charge in [-0.15, -0.1) is 0 Å². The number of aromatic nitrogens is 1. The number of hydrazone groups is 1. The van der Waals surface area contributed by atoms with Crippen LogP contribution in [-0.4, -0.2) is 22.2 Å². The van der Waals surface area contributed by atoms with E-state index in [0.717, 1.165) is 10.9 Å². The smallest absolute Gasteiger partial charge is 0.272 e. The third-order valence-electron chi connectivity index (χ3n) is 5.45. The normalized spacial score (nSPS) is 11.3. The predicted octanol–water partition coefficient (Wildman–Crippen LogP) is 6.79. The van der Waals surface area contributed by atoms with Gasteiger partial charge in [0.25, 0.3) is 5.91 Å². The maximum absolute atomic E-state index is 13.1. The maximum Gasteiger partial charge on any atom is 0.272 e. The topological polar surface area (TPSA) is 99.3 Å². The fraction of sp³-hybridized carbons (Fsp3) is 0. The van der Waals surface area contributed by atoms with Crippen molar-refractivity contribution in [2.75, 3.05) is 0 Å². The molecule has 4 aromatic carbocycles. The number of carbonyl (C=O) groups is 1. The fourth-order valence-electron chi connectivity index (χ4n) is 3.66. The number of phenols is 1. The van der Waals surface area contributed by atoms with E-state index in [1.54, 1.807) is 18.2 Å². The molecule has 0 fully saturated rings. The summed E-state index contributed by atoms with van der Waals surface area (Å²) in [6.45, 7) is 0. The van der Waals surface area contributed by atoms with Crippen molar-refractivity contribution in [1.82, 2.24) is 10.4 Å². The van der Waals surface area contributed by atoms with Crippen LogP contribution in [0.1, 0.15) is 15.9 Å². The summed E-state index contributed by atoms with van der Waals surface area (Å²) in [7, 11) is 0. The third-order valence-corrected chi connectivity index (χ3v) is 5.45. The Morgan fingerprint density at radius 1 is 0.778 bits per heavy atom. The van der Waals surface area contributed by atoms with Crippen molar-refractivity contribution >= 4 is 34.4 Å². The highest BCUT2D eigenvalue weighted by molar-refractivity contribution is 6.07. The van der Waals surface area contributed by atoms with Gasteiger partial charge in [0.05, 0.1) is 34.4 Å². The third kappa shape index (κ3) is 5.15. The number of amides is 1. The zero-order chi connectivity index (χ0) is 24.7. The van der Waals surface area contributed by atoms with E-state index in [1.165, 1.54) is 12.3 Å². The molecule has 0 aliphatic rings. The van der Waals surface area contributed by atoms with Crippen LogP contribution in [0.3, 0.4) is 0 Å². The molecule has 2 N–H and O–H groups in total. The zero-order valence-corrected chi connectivity index (χ0v) is 19.1. The molecule has 0 spiro atoms. The van der Waals surface area contributed by atoms with Gasteiger partial charge >= 0.3 is 0 Å². The van der Waals surface area contributed by atoms with Gasteiger partial charge in [0.2, 0.25) is 0 Å². The van der Waals surface area contributed by atoms with Gasteiger partial charge in [0, 0.05) is 16.5 Å². The molecule has 0 atom stereocenters. The number of aromatic hydroxyl groups is 1. The molecular weight excluding hydrogens is 450 g/mol. The van der Waals surface area contributed by atoms with Crippen LogP contribution in [0.15, 0.2) is 125 Å². The van der Waals surface area contributed by atoms with Gasteiger partial charge in [-0.1, -0.05) is 66.7 Å². The number of hydrogen-bond donors (Lipinski definition) is 2. The van der Waals surface area contributed by atoms with Crippen LogP contribution in [-0.2, 0) is 0 Å². The van der Waals surface area contributed by atoms with E-state index in [-0.39, 0.29) is 11.7 Å². The number of nitrogens with zero attached hydrogens (tertiary/aromatic N) is 4. The monoisotopic (exact) mass is 471 g/mol. The van der Waals surface area contributed by atoms with Crippen LogP contribution < -0.4 is 5.43 Å². The first kappa shape index (κ1) is 22.6. The van der Waals surface area contributed by atoms with E-state index < -0.39 is 0 Å². The van der Waals surface area contributed by atoms with E-state index in [2.05, 4.69) is 20.8 Å². The summed E-state index contributed by atoms with van der Waals surface area (Å²) in [5, 5.41) is 23.4. The number of carbonyl (C=O) groups excluding carboxylic acids is 1. The van der Waals surface area contributed by atoms with E-state index in [1.807, 2.05) is 84.9 Å². The lowest BCUT2D eigenvalue weighted by Gasteiger charge is -2.09. The Hall–Kier alpha value is -5.17. The van der Waals surface area contributed by atoms with Gasteiger partial charge in [-0.25, -0.2) is 10.4 Å². The summed E-state index contributed by atoms with van der Waals surface area (Å²) in [6, 6.07) is 33.0. The summed E-state index contributed by atoms with van der Waals surface area (Å²) in [6.07, 6.45) is 1.37. The quantitative estimate of drug-likeness (QED) is 0.162. The van der Waals surface area contributed by atoms with Crippen molar-refractivity contribution in [3.8, 4) is 17.0 Å². The van der Waals surface area contributed by atoms with Gasteiger partial charge in [-0.05, 0) is 42.5 Å². The first-order valence-electron chi connectivity index (χ1n) is 11.3. The molecule has 7 nitrogen and oxygen atoms in total. The van der Waals surface area contributed by atoms with Gasteiger partial charge in [0.1, 0.15) is 5.75 Å². The summed E-state index contributed by atoms with van der Waals surface area (Å²) in [4.78, 5) is 17.8. The number of pyridine rings is 1. The number of hydrogen-bond acceptors (Lipinski definition) is 6. The summed E-state index contributed by atoms with van der Waals surface area (Å²) < 4.78 is 0. The molecule has 7 heteroatoms. The van der Waals surface area contributed by atoms with E-state index in [9.17, 15) is 9.90 Å². The number of rotatable bonds is 6. The molecule has 0 aliphatic carbocycles. The van der Waals surface area contributed by atoms with Gasteiger partial charge < -0.3 is 5.11 Å². The van der Waals surface area contributed by atoms with Crippen molar-refractivity contribution in [3.05, 3.63) is 120 Å². The van der Waals surface area contributed by atoms with Crippen LogP contribution in [0.2, 0.25) is 0 Å². The van der Waals surface area contributed by atoms with E-state index in [4.69, 9.17) is 4.98 Å². The molecule has 174 valence electrons. The minimum absolute atomic E-state index is 0.00684. The highest BCUT2D eigenvalue weighted by atomic mass is 16.3. The second-order valence-corrected chi connectivity index (χ2v) is 7.92. The molecular formula is C29H21N5O2. The van der Waals surface area contributed by atoms with Crippen molar-refractivity contribution in [1.29, 1.82) is 0 Å². The van der Waals surface area contributed by atoms with Crippen molar-refractivity contribution < 1.29 is 9.90 Å². The largest absolute Gasteiger partial charge is 0.507 e. The predicted molar refractivity (Wildman–Crippen MR) is 141 cm³/mol. The Kier molecular flexibility index (Phi) is 6.53. The molecule has 5 aromatic rings. The summed E-state index contributed by atoms with van der Waals surface area (Å²) in [5.41, 5.74) is 6.97. The Bertz CT molecular complexity index is 1580. The van der Waals surface area contributed by atoms with Crippen LogP contribution in [0.5, 0.6) is 5.75 Å². The fourth-order valence-corrected chi connectivity index (χ4v) is 3.66. The molecule has 0 bridgehead atoms. The molecule has 1 amide bonds. The first-order chi connectivity index (χ1) is 17.7. The lowest BCUT2D eigenvalue weighted by molar-refractivity contribution is 0.0956. The number of azo groups is 1. The molecule has 1 heterocycles. The average molecular weight is 472 g/mol. The molecule has 0 aliphatic heterocycles. The molecule has 0 saturated heterocycles. The Morgan fingerprint density at radius 3 is 2.28 bits per heavy atom. The molecule has 36 heavy (non-hydrogen) atoms. The Morgan fingerprint density at radius 2 is 1.47 bits per heavy atom. The first-order valence-corrected chi connectivity index (χ1v) is 11.3. The standard InChI is InChI=1S/C29H21N5O2/c35-28-16-15-23(33-32-22-11-5-2-6-12-22)17-21(28)19-30-34-29(36)25-18-27(20-9-3-1-4-10-20)31-26-14-8-7-13-24(25)26/h1-19,35H,(H,34,36)/b30-19+,33-32?.